The lowest BCUT2D eigenvalue weighted by atomic mass is 10.1. The normalized spacial score (nSPS) is 13.4. The topological polar surface area (TPSA) is 87.6 Å². The van der Waals surface area contributed by atoms with Gasteiger partial charge >= 0.3 is 0 Å². The molecular weight excluding hydrogens is 408 g/mol. The molecule has 0 unspecified atom stereocenters. The Morgan fingerprint density at radius 1 is 1.44 bits per heavy atom. The van der Waals surface area contributed by atoms with Crippen LogP contribution in [0.4, 0.5) is 5.95 Å². The molecule has 0 saturated carbocycles. The van der Waals surface area contributed by atoms with Crippen LogP contribution in [0.2, 0.25) is 0 Å². The van der Waals surface area contributed by atoms with E-state index in [9.17, 15) is 4.79 Å². The summed E-state index contributed by atoms with van der Waals surface area (Å²) in [6.07, 6.45) is 0.858. The molecule has 3 heterocycles. The van der Waals surface area contributed by atoms with Gasteiger partial charge in [-0.3, -0.25) is 15.2 Å². The highest BCUT2D eigenvalue weighted by atomic mass is 79.9. The number of H-pyrrole nitrogens is 1. The summed E-state index contributed by atoms with van der Waals surface area (Å²) in [7, 11) is 0. The Morgan fingerprint density at radius 3 is 3.08 bits per heavy atom. The van der Waals surface area contributed by atoms with E-state index in [1.807, 2.05) is 29.7 Å². The van der Waals surface area contributed by atoms with E-state index in [4.69, 9.17) is 0 Å². The smallest absolute Gasteiger partial charge is 0.278 e. The second kappa shape index (κ2) is 7.15. The molecule has 0 saturated heterocycles. The summed E-state index contributed by atoms with van der Waals surface area (Å²) in [4.78, 5) is 17.2. The monoisotopic (exact) mass is 424 g/mol. The van der Waals surface area contributed by atoms with E-state index in [1.54, 1.807) is 0 Å². The number of rotatable bonds is 3. The maximum absolute atomic E-state index is 12.7. The third-order valence-electron chi connectivity index (χ3n) is 4.27. The zero-order chi connectivity index (χ0) is 16.7. The number of halogens is 2. The first-order chi connectivity index (χ1) is 11.7. The van der Waals surface area contributed by atoms with Crippen molar-refractivity contribution < 1.29 is 4.79 Å². The number of nitrogens with zero attached hydrogens (tertiary/aromatic N) is 3. The predicted molar refractivity (Wildman–Crippen MR) is 102 cm³/mol. The molecule has 0 fully saturated rings. The summed E-state index contributed by atoms with van der Waals surface area (Å²) in [5, 5.41) is 13.3. The second-order valence-corrected chi connectivity index (χ2v) is 6.64. The van der Waals surface area contributed by atoms with E-state index in [0.29, 0.717) is 24.7 Å². The molecule has 0 aliphatic carbocycles. The predicted octanol–water partition coefficient (Wildman–Crippen LogP) is 2.86. The van der Waals surface area contributed by atoms with Gasteiger partial charge in [-0.1, -0.05) is 15.9 Å². The van der Waals surface area contributed by atoms with Crippen LogP contribution in [0, 0.1) is 0 Å². The van der Waals surface area contributed by atoms with Crippen molar-refractivity contribution in [3.8, 4) is 0 Å². The molecule has 3 N–H and O–H groups in total. The molecular formula is C16H18BrClN6O. The van der Waals surface area contributed by atoms with Crippen LogP contribution in [-0.4, -0.2) is 32.2 Å². The number of aryl methyl sites for hydroxylation is 1. The van der Waals surface area contributed by atoms with Crippen LogP contribution < -0.4 is 10.6 Å². The highest BCUT2D eigenvalue weighted by molar-refractivity contribution is 9.10. The van der Waals surface area contributed by atoms with E-state index in [2.05, 4.69) is 41.7 Å². The molecule has 0 radical (unpaired) electrons. The minimum atomic E-state index is -0.236. The van der Waals surface area contributed by atoms with Crippen molar-refractivity contribution in [1.82, 2.24) is 25.1 Å². The Kier molecular flexibility index (Phi) is 5.12. The summed E-state index contributed by atoms with van der Waals surface area (Å²) >= 11 is 3.45. The molecule has 2 aromatic heterocycles. The molecule has 9 heteroatoms. The van der Waals surface area contributed by atoms with Crippen molar-refractivity contribution >= 4 is 51.2 Å². The summed E-state index contributed by atoms with van der Waals surface area (Å²) in [6.45, 7) is 4.30. The van der Waals surface area contributed by atoms with Gasteiger partial charge in [-0.2, -0.15) is 5.10 Å². The SMILES string of the molecule is CCn1c(NC(=O)c2n[nH]c3c2CNCC3)nc2cc(Br)ccc21.Cl. The van der Waals surface area contributed by atoms with Gasteiger partial charge in [0, 0.05) is 41.8 Å². The number of carbonyl (C=O) groups excluding carboxylic acids is 1. The molecule has 3 aromatic rings. The number of benzene rings is 1. The fourth-order valence-electron chi connectivity index (χ4n) is 3.09. The Balaban J connectivity index is 0.00000182. The quantitative estimate of drug-likeness (QED) is 0.602. The van der Waals surface area contributed by atoms with E-state index < -0.39 is 0 Å². The number of carbonyl (C=O) groups is 1. The van der Waals surface area contributed by atoms with Gasteiger partial charge in [0.2, 0.25) is 5.95 Å². The van der Waals surface area contributed by atoms with Crippen molar-refractivity contribution in [2.24, 2.45) is 0 Å². The molecule has 7 nitrogen and oxygen atoms in total. The first kappa shape index (κ1) is 17.9. The van der Waals surface area contributed by atoms with E-state index >= 15 is 0 Å². The minimum Gasteiger partial charge on any atom is -0.312 e. The van der Waals surface area contributed by atoms with Gasteiger partial charge in [0.1, 0.15) is 0 Å². The number of aromatic nitrogens is 4. The highest BCUT2D eigenvalue weighted by Crippen LogP contribution is 2.24. The fraction of sp³-hybridized carbons (Fsp3) is 0.312. The number of amides is 1. The van der Waals surface area contributed by atoms with Crippen molar-refractivity contribution in [2.75, 3.05) is 11.9 Å². The summed E-state index contributed by atoms with van der Waals surface area (Å²) in [6, 6.07) is 5.90. The lowest BCUT2D eigenvalue weighted by Gasteiger charge is -2.13. The Morgan fingerprint density at radius 2 is 2.28 bits per heavy atom. The van der Waals surface area contributed by atoms with Crippen LogP contribution in [0.3, 0.4) is 0 Å². The summed E-state index contributed by atoms with van der Waals surface area (Å²) in [5.74, 6) is 0.302. The van der Waals surface area contributed by atoms with Crippen molar-refractivity contribution in [3.05, 3.63) is 39.6 Å². The van der Waals surface area contributed by atoms with Crippen molar-refractivity contribution in [2.45, 2.75) is 26.4 Å². The van der Waals surface area contributed by atoms with Gasteiger partial charge in [0.25, 0.3) is 5.91 Å². The van der Waals surface area contributed by atoms with E-state index in [-0.39, 0.29) is 18.3 Å². The molecule has 1 aliphatic rings. The zero-order valence-electron chi connectivity index (χ0n) is 13.6. The fourth-order valence-corrected chi connectivity index (χ4v) is 3.44. The van der Waals surface area contributed by atoms with E-state index in [1.165, 1.54) is 0 Å². The molecule has 4 rings (SSSR count). The Labute approximate surface area is 159 Å². The number of fused-ring (bicyclic) bond motifs is 2. The Bertz CT molecular complexity index is 934. The van der Waals surface area contributed by atoms with Gasteiger partial charge in [-0.05, 0) is 25.1 Å². The molecule has 1 amide bonds. The lowest BCUT2D eigenvalue weighted by molar-refractivity contribution is 0.102. The van der Waals surface area contributed by atoms with Gasteiger partial charge in [0.15, 0.2) is 5.69 Å². The molecule has 0 bridgehead atoms. The second-order valence-electron chi connectivity index (χ2n) is 5.72. The number of hydrogen-bond donors (Lipinski definition) is 3. The third kappa shape index (κ3) is 3.17. The van der Waals surface area contributed by atoms with Crippen LogP contribution >= 0.6 is 28.3 Å². The number of hydrogen-bond acceptors (Lipinski definition) is 4. The lowest BCUT2D eigenvalue weighted by Crippen LogP contribution is -2.25. The molecule has 132 valence electrons. The van der Waals surface area contributed by atoms with Crippen LogP contribution in [0.1, 0.15) is 28.7 Å². The van der Waals surface area contributed by atoms with Crippen LogP contribution in [0.15, 0.2) is 22.7 Å². The van der Waals surface area contributed by atoms with Crippen LogP contribution in [-0.2, 0) is 19.5 Å². The van der Waals surface area contributed by atoms with Gasteiger partial charge < -0.3 is 9.88 Å². The molecule has 1 aromatic carbocycles. The number of imidazole rings is 1. The number of nitrogens with one attached hydrogen (secondary N) is 3. The molecule has 25 heavy (non-hydrogen) atoms. The van der Waals surface area contributed by atoms with Crippen LogP contribution in [0.5, 0.6) is 0 Å². The maximum Gasteiger partial charge on any atom is 0.278 e. The first-order valence-corrected chi connectivity index (χ1v) is 8.70. The average Bonchev–Trinajstić information content (AvgIpc) is 3.15. The van der Waals surface area contributed by atoms with Gasteiger partial charge in [0.05, 0.1) is 11.0 Å². The summed E-state index contributed by atoms with van der Waals surface area (Å²) < 4.78 is 2.94. The zero-order valence-corrected chi connectivity index (χ0v) is 16.0. The molecule has 1 aliphatic heterocycles. The van der Waals surface area contributed by atoms with Crippen molar-refractivity contribution in [3.63, 3.8) is 0 Å². The van der Waals surface area contributed by atoms with Crippen molar-refractivity contribution in [1.29, 1.82) is 0 Å². The largest absolute Gasteiger partial charge is 0.312 e. The highest BCUT2D eigenvalue weighted by Gasteiger charge is 2.23. The number of aromatic amines is 1. The van der Waals surface area contributed by atoms with Gasteiger partial charge in [-0.25, -0.2) is 4.98 Å². The maximum atomic E-state index is 12.7. The van der Waals surface area contributed by atoms with Crippen LogP contribution in [0.25, 0.3) is 11.0 Å². The molecule has 0 atom stereocenters. The minimum absolute atomic E-state index is 0. The van der Waals surface area contributed by atoms with E-state index in [0.717, 1.165) is 39.7 Å². The Hall–Kier alpha value is -1.90. The number of anilines is 1. The standard InChI is InChI=1S/C16H17BrN6O.ClH/c1-2-23-13-4-3-9(17)7-12(13)19-16(23)20-15(24)14-10-8-18-6-5-11(10)21-22-14;/h3-4,7,18H,2,5-6,8H2,1H3,(H,21,22)(H,19,20,24);1H. The third-order valence-corrected chi connectivity index (χ3v) is 4.77. The summed E-state index contributed by atoms with van der Waals surface area (Å²) in [5.41, 5.74) is 4.24. The average molecular weight is 426 g/mol. The first-order valence-electron chi connectivity index (χ1n) is 7.91. The molecule has 0 spiro atoms. The van der Waals surface area contributed by atoms with Gasteiger partial charge in [-0.15, -0.1) is 12.4 Å².